The standard InChI is InChI=1S/C15H12NPS2/c16-11-12-19-15(18)17(13-7-3-1-4-8-13)14-9-5-2-6-10-14/h1-10H,12H2. The Balaban J connectivity index is 2.35. The molecule has 0 fully saturated rings. The molecule has 0 saturated carbocycles. The number of benzene rings is 2. The summed E-state index contributed by atoms with van der Waals surface area (Å²) in [5.74, 6) is 0.414. The second-order valence-electron chi connectivity index (χ2n) is 3.72. The second kappa shape index (κ2) is 7.40. The van der Waals surface area contributed by atoms with E-state index in [0.29, 0.717) is 5.75 Å². The molecule has 0 bridgehead atoms. The Bertz CT molecular complexity index is 539. The van der Waals surface area contributed by atoms with E-state index < -0.39 is 7.92 Å². The molecular formula is C15H12NPS2. The Morgan fingerprint density at radius 3 is 1.89 bits per heavy atom. The van der Waals surface area contributed by atoms with Gasteiger partial charge in [-0.3, -0.25) is 0 Å². The smallest absolute Gasteiger partial charge is 0.0863 e. The van der Waals surface area contributed by atoms with Crippen molar-refractivity contribution in [2.24, 2.45) is 0 Å². The van der Waals surface area contributed by atoms with Crippen LogP contribution in [0.3, 0.4) is 0 Å². The lowest BCUT2D eigenvalue weighted by atomic mass is 10.4. The van der Waals surface area contributed by atoms with E-state index in [-0.39, 0.29) is 0 Å². The van der Waals surface area contributed by atoms with Crippen LogP contribution in [-0.2, 0) is 0 Å². The minimum Gasteiger partial charge on any atom is -0.197 e. The predicted octanol–water partition coefficient (Wildman–Crippen LogP) is 3.66. The Morgan fingerprint density at radius 2 is 1.47 bits per heavy atom. The molecule has 2 rings (SSSR count). The molecule has 0 spiro atoms. The molecule has 0 heterocycles. The third-order valence-electron chi connectivity index (χ3n) is 2.47. The average molecular weight is 301 g/mol. The summed E-state index contributed by atoms with van der Waals surface area (Å²) < 4.78 is 0.911. The molecule has 0 aliphatic carbocycles. The van der Waals surface area contributed by atoms with Crippen LogP contribution in [0.4, 0.5) is 0 Å². The zero-order valence-corrected chi connectivity index (χ0v) is 12.7. The van der Waals surface area contributed by atoms with E-state index in [2.05, 4.69) is 30.3 Å². The number of nitriles is 1. The van der Waals surface area contributed by atoms with Gasteiger partial charge in [0.1, 0.15) is 0 Å². The molecule has 0 unspecified atom stereocenters. The minimum absolute atomic E-state index is 0.414. The molecule has 0 aliphatic heterocycles. The Labute approximate surface area is 124 Å². The van der Waals surface area contributed by atoms with Crippen molar-refractivity contribution < 1.29 is 0 Å². The van der Waals surface area contributed by atoms with Gasteiger partial charge in [-0.1, -0.05) is 84.6 Å². The second-order valence-corrected chi connectivity index (χ2v) is 8.13. The molecule has 0 saturated heterocycles. The molecule has 0 aliphatic rings. The molecule has 0 aromatic heterocycles. The van der Waals surface area contributed by atoms with Crippen LogP contribution in [0.25, 0.3) is 0 Å². The summed E-state index contributed by atoms with van der Waals surface area (Å²) in [5, 5.41) is 11.2. The highest BCUT2D eigenvalue weighted by Gasteiger charge is 2.18. The highest BCUT2D eigenvalue weighted by atomic mass is 32.2. The molecule has 0 N–H and O–H groups in total. The van der Waals surface area contributed by atoms with Crippen LogP contribution in [0, 0.1) is 11.3 Å². The van der Waals surface area contributed by atoms with Crippen molar-refractivity contribution in [2.75, 3.05) is 5.75 Å². The van der Waals surface area contributed by atoms with E-state index in [4.69, 9.17) is 17.5 Å². The van der Waals surface area contributed by atoms with Crippen LogP contribution in [0.2, 0.25) is 0 Å². The Kier molecular flexibility index (Phi) is 5.54. The van der Waals surface area contributed by atoms with Gasteiger partial charge in [0, 0.05) is 7.92 Å². The van der Waals surface area contributed by atoms with Crippen molar-refractivity contribution in [2.45, 2.75) is 0 Å². The molecule has 2 aromatic carbocycles. The summed E-state index contributed by atoms with van der Waals surface area (Å²) in [6.07, 6.45) is 0. The Morgan fingerprint density at radius 1 is 1.00 bits per heavy atom. The fourth-order valence-electron chi connectivity index (χ4n) is 1.67. The van der Waals surface area contributed by atoms with Crippen molar-refractivity contribution in [3.05, 3.63) is 60.7 Å². The lowest BCUT2D eigenvalue weighted by molar-refractivity contribution is 1.50. The minimum atomic E-state index is -0.680. The molecule has 19 heavy (non-hydrogen) atoms. The first kappa shape index (κ1) is 14.2. The van der Waals surface area contributed by atoms with Gasteiger partial charge in [0.25, 0.3) is 0 Å². The first-order valence-electron chi connectivity index (χ1n) is 5.77. The number of rotatable bonds is 4. The van der Waals surface area contributed by atoms with Gasteiger partial charge >= 0.3 is 0 Å². The first-order valence-corrected chi connectivity index (χ1v) is 8.50. The Hall–Kier alpha value is -1.20. The van der Waals surface area contributed by atoms with Gasteiger partial charge in [0.15, 0.2) is 0 Å². The summed E-state index contributed by atoms with van der Waals surface area (Å²) in [5.41, 5.74) is 0. The van der Waals surface area contributed by atoms with Crippen LogP contribution in [0.1, 0.15) is 0 Å². The van der Waals surface area contributed by atoms with Gasteiger partial charge in [-0.2, -0.15) is 5.26 Å². The van der Waals surface area contributed by atoms with Crippen molar-refractivity contribution in [1.82, 2.24) is 0 Å². The van der Waals surface area contributed by atoms with E-state index in [0.717, 1.165) is 3.94 Å². The summed E-state index contributed by atoms with van der Waals surface area (Å²) in [7, 11) is -0.680. The van der Waals surface area contributed by atoms with Crippen LogP contribution in [0.15, 0.2) is 60.7 Å². The molecule has 0 atom stereocenters. The monoisotopic (exact) mass is 301 g/mol. The van der Waals surface area contributed by atoms with Gasteiger partial charge in [-0.05, 0) is 10.6 Å². The summed E-state index contributed by atoms with van der Waals surface area (Å²) in [6, 6.07) is 22.7. The van der Waals surface area contributed by atoms with Crippen molar-refractivity contribution >= 4 is 46.4 Å². The van der Waals surface area contributed by atoms with E-state index >= 15 is 0 Å². The fraction of sp³-hybridized carbons (Fsp3) is 0.0667. The molecular weight excluding hydrogens is 289 g/mol. The summed E-state index contributed by atoms with van der Waals surface area (Å²) in [4.78, 5) is 0. The van der Waals surface area contributed by atoms with E-state index in [1.165, 1.54) is 22.4 Å². The van der Waals surface area contributed by atoms with Gasteiger partial charge < -0.3 is 0 Å². The lowest BCUT2D eigenvalue weighted by Crippen LogP contribution is -2.15. The molecule has 0 amide bonds. The molecule has 1 nitrogen and oxygen atoms in total. The van der Waals surface area contributed by atoms with Crippen molar-refractivity contribution in [3.63, 3.8) is 0 Å². The average Bonchev–Trinajstić information content (AvgIpc) is 2.47. The maximum absolute atomic E-state index is 8.71. The van der Waals surface area contributed by atoms with Gasteiger partial charge in [0.2, 0.25) is 0 Å². The van der Waals surface area contributed by atoms with Gasteiger partial charge in [0.05, 0.1) is 15.8 Å². The number of nitrogens with zero attached hydrogens (tertiary/aromatic N) is 1. The van der Waals surface area contributed by atoms with E-state index in [9.17, 15) is 0 Å². The largest absolute Gasteiger partial charge is 0.197 e. The van der Waals surface area contributed by atoms with Gasteiger partial charge in [-0.25, -0.2) is 0 Å². The summed E-state index contributed by atoms with van der Waals surface area (Å²) in [6.45, 7) is 0. The zero-order chi connectivity index (χ0) is 13.5. The normalized spacial score (nSPS) is 10.1. The van der Waals surface area contributed by atoms with Crippen LogP contribution >= 0.6 is 31.9 Å². The van der Waals surface area contributed by atoms with Crippen LogP contribution in [-0.4, -0.2) is 9.69 Å². The quantitative estimate of drug-likeness (QED) is 0.636. The number of hydrogen-bond donors (Lipinski definition) is 0. The number of thioether (sulfide) groups is 1. The van der Waals surface area contributed by atoms with Crippen molar-refractivity contribution in [3.8, 4) is 6.07 Å². The zero-order valence-electron chi connectivity index (χ0n) is 10.2. The van der Waals surface area contributed by atoms with Crippen molar-refractivity contribution in [1.29, 1.82) is 5.26 Å². The molecule has 4 heteroatoms. The topological polar surface area (TPSA) is 23.8 Å². The third kappa shape index (κ3) is 3.88. The number of hydrogen-bond acceptors (Lipinski definition) is 3. The maximum Gasteiger partial charge on any atom is 0.0863 e. The van der Waals surface area contributed by atoms with Crippen LogP contribution < -0.4 is 10.6 Å². The highest BCUT2D eigenvalue weighted by molar-refractivity contribution is 8.37. The van der Waals surface area contributed by atoms with E-state index in [1.807, 2.05) is 36.4 Å². The predicted molar refractivity (Wildman–Crippen MR) is 89.7 cm³/mol. The van der Waals surface area contributed by atoms with Crippen LogP contribution in [0.5, 0.6) is 0 Å². The summed E-state index contributed by atoms with van der Waals surface area (Å²) >= 11 is 7.02. The molecule has 2 aromatic rings. The molecule has 94 valence electrons. The van der Waals surface area contributed by atoms with Gasteiger partial charge in [-0.15, -0.1) is 0 Å². The maximum atomic E-state index is 8.71. The lowest BCUT2D eigenvalue weighted by Gasteiger charge is -2.18. The third-order valence-corrected chi connectivity index (χ3v) is 6.82. The highest BCUT2D eigenvalue weighted by Crippen LogP contribution is 2.40. The van der Waals surface area contributed by atoms with E-state index in [1.54, 1.807) is 0 Å². The number of thiocarbonyl (C=S) groups is 1. The SMILES string of the molecule is N#CCSC(=S)P(c1ccccc1)c1ccccc1. The molecule has 0 radical (unpaired) electrons. The fourth-order valence-corrected chi connectivity index (χ4v) is 5.67. The first-order chi connectivity index (χ1) is 9.33.